The summed E-state index contributed by atoms with van der Waals surface area (Å²) < 4.78 is 1.55. The lowest BCUT2D eigenvalue weighted by Crippen LogP contribution is -2.05. The van der Waals surface area contributed by atoms with Gasteiger partial charge in [-0.2, -0.15) is 5.10 Å². The molecule has 0 aliphatic heterocycles. The molecule has 12 heavy (non-hydrogen) atoms. The first-order valence-corrected chi connectivity index (χ1v) is 3.56. The maximum absolute atomic E-state index is 10.4. The van der Waals surface area contributed by atoms with E-state index in [1.54, 1.807) is 17.0 Å². The summed E-state index contributed by atoms with van der Waals surface area (Å²) in [6, 6.07) is 1.49. The highest BCUT2D eigenvalue weighted by molar-refractivity contribution is 5.85. The molecule has 0 aliphatic rings. The van der Waals surface area contributed by atoms with E-state index >= 15 is 0 Å². The van der Waals surface area contributed by atoms with E-state index in [2.05, 4.69) is 11.7 Å². The zero-order valence-electron chi connectivity index (χ0n) is 6.77. The zero-order chi connectivity index (χ0) is 9.14. The molecule has 0 aliphatic carbocycles. The standard InChI is InChI=1S/C8H10N2O2/c1-3-6(2)10-5-4-7(9-10)8(11)12/h3-6H,1H2,2H3,(H,11,12). The maximum atomic E-state index is 10.4. The number of aromatic nitrogens is 2. The van der Waals surface area contributed by atoms with Crippen LogP contribution in [0.2, 0.25) is 0 Å². The Labute approximate surface area is 70.1 Å². The molecule has 1 rings (SSSR count). The Morgan fingerprint density at radius 1 is 1.92 bits per heavy atom. The molecule has 0 aromatic carbocycles. The number of carboxylic acids is 1. The molecule has 4 nitrogen and oxygen atoms in total. The summed E-state index contributed by atoms with van der Waals surface area (Å²) >= 11 is 0. The fourth-order valence-electron chi connectivity index (χ4n) is 0.787. The van der Waals surface area contributed by atoms with Crippen molar-refractivity contribution in [2.24, 2.45) is 0 Å². The minimum atomic E-state index is -1.01. The minimum absolute atomic E-state index is 0.0260. The lowest BCUT2D eigenvalue weighted by Gasteiger charge is -2.04. The maximum Gasteiger partial charge on any atom is 0.356 e. The Kier molecular flexibility index (Phi) is 2.28. The van der Waals surface area contributed by atoms with Crippen molar-refractivity contribution in [3.8, 4) is 0 Å². The van der Waals surface area contributed by atoms with Crippen LogP contribution in [-0.2, 0) is 0 Å². The van der Waals surface area contributed by atoms with Crippen LogP contribution in [0.4, 0.5) is 0 Å². The molecular formula is C8H10N2O2. The van der Waals surface area contributed by atoms with Crippen molar-refractivity contribution in [3.05, 3.63) is 30.6 Å². The van der Waals surface area contributed by atoms with E-state index in [9.17, 15) is 4.79 Å². The molecule has 1 heterocycles. The van der Waals surface area contributed by atoms with Crippen molar-refractivity contribution in [1.82, 2.24) is 9.78 Å². The van der Waals surface area contributed by atoms with Gasteiger partial charge in [0.1, 0.15) is 0 Å². The average molecular weight is 166 g/mol. The van der Waals surface area contributed by atoms with Crippen molar-refractivity contribution >= 4 is 5.97 Å². The monoisotopic (exact) mass is 166 g/mol. The fourth-order valence-corrected chi connectivity index (χ4v) is 0.787. The molecule has 0 amide bonds. The molecule has 0 radical (unpaired) electrons. The second kappa shape index (κ2) is 3.21. The third kappa shape index (κ3) is 1.53. The molecule has 0 spiro atoms. The van der Waals surface area contributed by atoms with E-state index in [0.717, 1.165) is 0 Å². The summed E-state index contributed by atoms with van der Waals surface area (Å²) in [5, 5.41) is 12.4. The van der Waals surface area contributed by atoms with E-state index in [4.69, 9.17) is 5.11 Å². The summed E-state index contributed by atoms with van der Waals surface area (Å²) in [4.78, 5) is 10.4. The highest BCUT2D eigenvalue weighted by Crippen LogP contribution is 2.05. The van der Waals surface area contributed by atoms with Crippen LogP contribution in [0.15, 0.2) is 24.9 Å². The van der Waals surface area contributed by atoms with Gasteiger partial charge in [0.25, 0.3) is 0 Å². The second-order valence-electron chi connectivity index (χ2n) is 2.46. The van der Waals surface area contributed by atoms with Gasteiger partial charge in [-0.05, 0) is 13.0 Å². The number of nitrogens with zero attached hydrogens (tertiary/aromatic N) is 2. The quantitative estimate of drug-likeness (QED) is 0.689. The van der Waals surface area contributed by atoms with Crippen LogP contribution in [-0.4, -0.2) is 20.9 Å². The van der Waals surface area contributed by atoms with E-state index in [1.807, 2.05) is 6.92 Å². The number of carboxylic acid groups (broad SMARTS) is 1. The van der Waals surface area contributed by atoms with Crippen molar-refractivity contribution < 1.29 is 9.90 Å². The Morgan fingerprint density at radius 2 is 2.58 bits per heavy atom. The van der Waals surface area contributed by atoms with Gasteiger partial charge in [0.15, 0.2) is 5.69 Å². The normalized spacial score (nSPS) is 12.4. The topological polar surface area (TPSA) is 55.1 Å². The Morgan fingerprint density at radius 3 is 3.00 bits per heavy atom. The van der Waals surface area contributed by atoms with E-state index in [0.29, 0.717) is 0 Å². The third-order valence-corrected chi connectivity index (χ3v) is 1.59. The number of hydrogen-bond donors (Lipinski definition) is 1. The predicted molar refractivity (Wildman–Crippen MR) is 44.1 cm³/mol. The van der Waals surface area contributed by atoms with Crippen LogP contribution in [0.1, 0.15) is 23.5 Å². The van der Waals surface area contributed by atoms with Gasteiger partial charge in [-0.1, -0.05) is 6.08 Å². The van der Waals surface area contributed by atoms with E-state index in [1.165, 1.54) is 6.07 Å². The summed E-state index contributed by atoms with van der Waals surface area (Å²) in [6.45, 7) is 5.46. The number of hydrogen-bond acceptors (Lipinski definition) is 2. The molecule has 0 bridgehead atoms. The molecule has 0 saturated carbocycles. The summed E-state index contributed by atoms with van der Waals surface area (Å²) in [5.74, 6) is -1.01. The summed E-state index contributed by atoms with van der Waals surface area (Å²) in [7, 11) is 0. The minimum Gasteiger partial charge on any atom is -0.476 e. The van der Waals surface area contributed by atoms with E-state index < -0.39 is 5.97 Å². The largest absolute Gasteiger partial charge is 0.476 e. The fraction of sp³-hybridized carbons (Fsp3) is 0.250. The summed E-state index contributed by atoms with van der Waals surface area (Å²) in [6.07, 6.45) is 3.31. The van der Waals surface area contributed by atoms with Gasteiger partial charge in [0.2, 0.25) is 0 Å². The SMILES string of the molecule is C=CC(C)n1ccc(C(=O)O)n1. The molecule has 64 valence electrons. The average Bonchev–Trinajstić information content (AvgIpc) is 2.51. The van der Waals surface area contributed by atoms with Crippen molar-refractivity contribution in [2.45, 2.75) is 13.0 Å². The van der Waals surface area contributed by atoms with Crippen LogP contribution < -0.4 is 0 Å². The highest BCUT2D eigenvalue weighted by atomic mass is 16.4. The van der Waals surface area contributed by atoms with E-state index in [-0.39, 0.29) is 11.7 Å². The molecule has 1 aromatic rings. The molecule has 1 aromatic heterocycles. The summed E-state index contributed by atoms with van der Waals surface area (Å²) in [5.41, 5.74) is 0.0590. The molecule has 1 unspecified atom stereocenters. The highest BCUT2D eigenvalue weighted by Gasteiger charge is 2.07. The van der Waals surface area contributed by atoms with Crippen molar-refractivity contribution in [2.75, 3.05) is 0 Å². The number of aromatic carboxylic acids is 1. The van der Waals surface area contributed by atoms with Gasteiger partial charge in [0, 0.05) is 6.20 Å². The van der Waals surface area contributed by atoms with Crippen molar-refractivity contribution in [3.63, 3.8) is 0 Å². The van der Waals surface area contributed by atoms with Gasteiger partial charge in [-0.15, -0.1) is 6.58 Å². The zero-order valence-corrected chi connectivity index (χ0v) is 6.77. The Hall–Kier alpha value is -1.58. The number of allylic oxidation sites excluding steroid dienone is 1. The number of carbonyl (C=O) groups is 1. The van der Waals surface area contributed by atoms with Gasteiger partial charge in [0.05, 0.1) is 6.04 Å². The molecule has 0 saturated heterocycles. The van der Waals surface area contributed by atoms with Gasteiger partial charge in [-0.3, -0.25) is 4.68 Å². The first-order valence-electron chi connectivity index (χ1n) is 3.56. The van der Waals surface area contributed by atoms with Crippen LogP contribution in [0, 0.1) is 0 Å². The Bertz CT molecular complexity index is 304. The first kappa shape index (κ1) is 8.52. The molecule has 1 atom stereocenters. The van der Waals surface area contributed by atoms with Crippen LogP contribution in [0.25, 0.3) is 0 Å². The van der Waals surface area contributed by atoms with Gasteiger partial charge < -0.3 is 5.11 Å². The number of rotatable bonds is 3. The lowest BCUT2D eigenvalue weighted by molar-refractivity contribution is 0.0689. The second-order valence-corrected chi connectivity index (χ2v) is 2.46. The molecule has 1 N–H and O–H groups in total. The molecule has 4 heteroatoms. The van der Waals surface area contributed by atoms with Crippen molar-refractivity contribution in [1.29, 1.82) is 0 Å². The molecule has 0 fully saturated rings. The smallest absolute Gasteiger partial charge is 0.356 e. The third-order valence-electron chi connectivity index (χ3n) is 1.59. The van der Waals surface area contributed by atoms with Crippen LogP contribution in [0.3, 0.4) is 0 Å². The van der Waals surface area contributed by atoms with Crippen LogP contribution in [0.5, 0.6) is 0 Å². The molecular weight excluding hydrogens is 156 g/mol. The first-order chi connectivity index (χ1) is 5.65. The van der Waals surface area contributed by atoms with Crippen LogP contribution >= 0.6 is 0 Å². The Balaban J connectivity index is 2.91. The lowest BCUT2D eigenvalue weighted by atomic mass is 10.3. The van der Waals surface area contributed by atoms with Gasteiger partial charge >= 0.3 is 5.97 Å². The predicted octanol–water partition coefficient (Wildman–Crippen LogP) is 1.33. The van der Waals surface area contributed by atoms with Gasteiger partial charge in [-0.25, -0.2) is 4.79 Å².